The van der Waals surface area contributed by atoms with Gasteiger partial charge in [0.2, 0.25) is 0 Å². The van der Waals surface area contributed by atoms with Crippen molar-refractivity contribution in [3.63, 3.8) is 0 Å². The third-order valence-corrected chi connectivity index (χ3v) is 3.19. The monoisotopic (exact) mass is 205 g/mol. The number of carbonyl (C=O) groups is 1. The molecule has 0 bridgehead atoms. The molecule has 15 heavy (non-hydrogen) atoms. The number of carboxylic acid groups (broad SMARTS) is 1. The van der Waals surface area contributed by atoms with Gasteiger partial charge in [-0.25, -0.2) is 0 Å². The molecule has 0 aliphatic heterocycles. The van der Waals surface area contributed by atoms with Gasteiger partial charge in [0.05, 0.1) is 5.92 Å². The lowest BCUT2D eigenvalue weighted by molar-refractivity contribution is -0.141. The molecule has 0 radical (unpaired) electrons. The Hall–Kier alpha value is -1.51. The van der Waals surface area contributed by atoms with Gasteiger partial charge in [0, 0.05) is 5.69 Å². The predicted octanol–water partition coefficient (Wildman–Crippen LogP) is 2.24. The fraction of sp³-hybridized carbons (Fsp3) is 0.417. The number of anilines is 1. The molecule has 3 N–H and O–H groups in total. The number of hydrogen-bond acceptors (Lipinski definition) is 2. The predicted molar refractivity (Wildman–Crippen MR) is 58.6 cm³/mol. The Labute approximate surface area is 88.9 Å². The average Bonchev–Trinajstić information content (AvgIpc) is 2.68. The molecule has 1 aliphatic rings. The van der Waals surface area contributed by atoms with Gasteiger partial charge in [-0.2, -0.15) is 0 Å². The van der Waals surface area contributed by atoms with E-state index < -0.39 is 5.97 Å². The molecule has 0 aromatic heterocycles. The quantitative estimate of drug-likeness (QED) is 0.728. The van der Waals surface area contributed by atoms with E-state index in [2.05, 4.69) is 0 Å². The van der Waals surface area contributed by atoms with E-state index in [1.807, 2.05) is 24.3 Å². The van der Waals surface area contributed by atoms with Gasteiger partial charge in [-0.05, 0) is 42.9 Å². The van der Waals surface area contributed by atoms with E-state index in [1.165, 1.54) is 5.56 Å². The van der Waals surface area contributed by atoms with Crippen LogP contribution in [-0.2, 0) is 4.79 Å². The lowest BCUT2D eigenvalue weighted by Crippen LogP contribution is -2.09. The summed E-state index contributed by atoms with van der Waals surface area (Å²) in [6.07, 6.45) is 2.53. The Morgan fingerprint density at radius 2 is 1.93 bits per heavy atom. The van der Waals surface area contributed by atoms with Crippen LogP contribution < -0.4 is 5.73 Å². The van der Waals surface area contributed by atoms with Crippen LogP contribution in [0.3, 0.4) is 0 Å². The van der Waals surface area contributed by atoms with Gasteiger partial charge in [0.1, 0.15) is 0 Å². The molecule has 3 nitrogen and oxygen atoms in total. The third kappa shape index (κ3) is 2.12. The van der Waals surface area contributed by atoms with Crippen molar-refractivity contribution in [3.8, 4) is 0 Å². The summed E-state index contributed by atoms with van der Waals surface area (Å²) in [5.74, 6) is -0.424. The molecule has 2 atom stereocenters. The van der Waals surface area contributed by atoms with Gasteiger partial charge in [-0.1, -0.05) is 12.1 Å². The van der Waals surface area contributed by atoms with E-state index in [9.17, 15) is 4.79 Å². The summed E-state index contributed by atoms with van der Waals surface area (Å²) in [5, 5.41) is 8.90. The Bertz CT molecular complexity index is 358. The zero-order valence-corrected chi connectivity index (χ0v) is 8.52. The summed E-state index contributed by atoms with van der Waals surface area (Å²) in [5.41, 5.74) is 7.58. The van der Waals surface area contributed by atoms with Gasteiger partial charge in [0.25, 0.3) is 0 Å². The van der Waals surface area contributed by atoms with Crippen LogP contribution in [0.5, 0.6) is 0 Å². The van der Waals surface area contributed by atoms with Crippen molar-refractivity contribution in [3.05, 3.63) is 29.8 Å². The van der Waals surface area contributed by atoms with Crippen molar-refractivity contribution in [1.29, 1.82) is 0 Å². The van der Waals surface area contributed by atoms with E-state index >= 15 is 0 Å². The zero-order valence-electron chi connectivity index (χ0n) is 8.52. The summed E-state index contributed by atoms with van der Waals surface area (Å²) in [7, 11) is 0. The maximum atomic E-state index is 10.8. The van der Waals surface area contributed by atoms with E-state index in [1.54, 1.807) is 0 Å². The lowest BCUT2D eigenvalue weighted by Gasteiger charge is -2.09. The van der Waals surface area contributed by atoms with Crippen LogP contribution in [0, 0.1) is 5.92 Å². The Balaban J connectivity index is 2.07. The highest BCUT2D eigenvalue weighted by Crippen LogP contribution is 2.38. The van der Waals surface area contributed by atoms with Crippen molar-refractivity contribution < 1.29 is 9.90 Å². The van der Waals surface area contributed by atoms with Crippen molar-refractivity contribution >= 4 is 11.7 Å². The number of aliphatic carboxylic acids is 1. The maximum Gasteiger partial charge on any atom is 0.306 e. The fourth-order valence-corrected chi connectivity index (χ4v) is 2.28. The number of benzene rings is 1. The number of nitrogens with two attached hydrogens (primary N) is 1. The molecule has 2 rings (SSSR count). The molecule has 0 heterocycles. The average molecular weight is 205 g/mol. The molecule has 0 amide bonds. The normalized spacial score (nSPS) is 25.3. The molecule has 1 fully saturated rings. The van der Waals surface area contributed by atoms with Crippen molar-refractivity contribution in [1.82, 2.24) is 0 Å². The van der Waals surface area contributed by atoms with Crippen LogP contribution in [0.1, 0.15) is 30.7 Å². The van der Waals surface area contributed by atoms with Gasteiger partial charge >= 0.3 is 5.97 Å². The highest BCUT2D eigenvalue weighted by atomic mass is 16.4. The molecule has 1 aromatic carbocycles. The van der Waals surface area contributed by atoms with Crippen LogP contribution in [0.4, 0.5) is 5.69 Å². The Kier molecular flexibility index (Phi) is 2.62. The van der Waals surface area contributed by atoms with E-state index in [0.717, 1.165) is 24.9 Å². The minimum atomic E-state index is -0.659. The topological polar surface area (TPSA) is 63.3 Å². The van der Waals surface area contributed by atoms with Gasteiger partial charge < -0.3 is 10.8 Å². The number of rotatable bonds is 2. The second kappa shape index (κ2) is 3.93. The SMILES string of the molecule is Nc1ccc([C@@H]2CC[C@@H](C(=O)O)C2)cc1. The summed E-state index contributed by atoms with van der Waals surface area (Å²) in [4.78, 5) is 10.8. The first kappa shape index (κ1) is 10.0. The minimum Gasteiger partial charge on any atom is -0.481 e. The van der Waals surface area contributed by atoms with E-state index in [-0.39, 0.29) is 5.92 Å². The van der Waals surface area contributed by atoms with Crippen LogP contribution in [0.25, 0.3) is 0 Å². The van der Waals surface area contributed by atoms with E-state index in [0.29, 0.717) is 5.92 Å². The van der Waals surface area contributed by atoms with E-state index in [4.69, 9.17) is 10.8 Å². The van der Waals surface area contributed by atoms with Gasteiger partial charge in [-0.15, -0.1) is 0 Å². The molecule has 0 spiro atoms. The Morgan fingerprint density at radius 1 is 1.27 bits per heavy atom. The molecule has 1 aliphatic carbocycles. The standard InChI is InChI=1S/C12H15NO2/c13-11-5-3-8(4-6-11)9-1-2-10(7-9)12(14)15/h3-6,9-10H,1-2,7,13H2,(H,14,15)/t9-,10-/m1/s1. The number of hydrogen-bond donors (Lipinski definition) is 2. The highest BCUT2D eigenvalue weighted by Gasteiger charge is 2.30. The molecule has 1 aromatic rings. The van der Waals surface area contributed by atoms with Crippen LogP contribution in [0.15, 0.2) is 24.3 Å². The first-order valence-electron chi connectivity index (χ1n) is 5.25. The first-order chi connectivity index (χ1) is 7.16. The highest BCUT2D eigenvalue weighted by molar-refractivity contribution is 5.70. The Morgan fingerprint density at radius 3 is 2.47 bits per heavy atom. The summed E-state index contributed by atoms with van der Waals surface area (Å²) in [6.45, 7) is 0. The molecule has 80 valence electrons. The molecule has 3 heteroatoms. The first-order valence-corrected chi connectivity index (χ1v) is 5.25. The molecular weight excluding hydrogens is 190 g/mol. The van der Waals surface area contributed by atoms with Gasteiger partial charge in [0.15, 0.2) is 0 Å². The summed E-state index contributed by atoms with van der Waals surface area (Å²) < 4.78 is 0. The number of carboxylic acids is 1. The van der Waals surface area contributed by atoms with Crippen molar-refractivity contribution in [2.75, 3.05) is 5.73 Å². The van der Waals surface area contributed by atoms with Crippen LogP contribution >= 0.6 is 0 Å². The molecule has 0 saturated heterocycles. The van der Waals surface area contributed by atoms with Crippen molar-refractivity contribution in [2.45, 2.75) is 25.2 Å². The lowest BCUT2D eigenvalue weighted by atomic mass is 9.96. The zero-order chi connectivity index (χ0) is 10.8. The summed E-state index contributed by atoms with van der Waals surface area (Å²) >= 11 is 0. The third-order valence-electron chi connectivity index (χ3n) is 3.19. The minimum absolute atomic E-state index is 0.160. The molecular formula is C12H15NO2. The smallest absolute Gasteiger partial charge is 0.306 e. The molecule has 1 saturated carbocycles. The maximum absolute atomic E-state index is 10.8. The van der Waals surface area contributed by atoms with Gasteiger partial charge in [-0.3, -0.25) is 4.79 Å². The fourth-order valence-electron chi connectivity index (χ4n) is 2.28. The second-order valence-electron chi connectivity index (χ2n) is 4.21. The molecule has 0 unspecified atom stereocenters. The largest absolute Gasteiger partial charge is 0.481 e. The van der Waals surface area contributed by atoms with Crippen LogP contribution in [0.2, 0.25) is 0 Å². The summed E-state index contributed by atoms with van der Waals surface area (Å²) in [6, 6.07) is 7.77. The van der Waals surface area contributed by atoms with Crippen LogP contribution in [-0.4, -0.2) is 11.1 Å². The number of nitrogen functional groups attached to an aromatic ring is 1. The van der Waals surface area contributed by atoms with Crippen molar-refractivity contribution in [2.24, 2.45) is 5.92 Å². The second-order valence-corrected chi connectivity index (χ2v) is 4.21.